The van der Waals surface area contributed by atoms with Gasteiger partial charge in [-0.25, -0.2) is 0 Å². The molecule has 0 amide bonds. The van der Waals surface area contributed by atoms with Crippen molar-refractivity contribution in [3.8, 4) is 16.9 Å². The molecule has 0 saturated heterocycles. The van der Waals surface area contributed by atoms with Crippen molar-refractivity contribution in [2.75, 3.05) is 5.73 Å². The summed E-state index contributed by atoms with van der Waals surface area (Å²) >= 11 is 0. The van der Waals surface area contributed by atoms with Gasteiger partial charge in [0.2, 0.25) is 0 Å². The van der Waals surface area contributed by atoms with Gasteiger partial charge in [-0.15, -0.1) is 0 Å². The summed E-state index contributed by atoms with van der Waals surface area (Å²) in [6.07, 6.45) is 3.82. The van der Waals surface area contributed by atoms with Crippen molar-refractivity contribution in [3.05, 3.63) is 66.5 Å². The Morgan fingerprint density at radius 1 is 1.14 bits per heavy atom. The zero-order valence-corrected chi connectivity index (χ0v) is 12.6. The third kappa shape index (κ3) is 3.11. The molecule has 0 fully saturated rings. The van der Waals surface area contributed by atoms with Crippen molar-refractivity contribution in [2.24, 2.45) is 0 Å². The molecule has 22 heavy (non-hydrogen) atoms. The molecule has 0 spiro atoms. The zero-order chi connectivity index (χ0) is 15.4. The molecule has 0 bridgehead atoms. The maximum Gasteiger partial charge on any atom is 0.120 e. The van der Waals surface area contributed by atoms with Crippen LogP contribution in [0.1, 0.15) is 12.5 Å². The van der Waals surface area contributed by atoms with Crippen molar-refractivity contribution in [1.29, 1.82) is 0 Å². The molecular formula is C18H19N3O. The number of anilines is 1. The molecule has 1 heterocycles. The smallest absolute Gasteiger partial charge is 0.120 e. The summed E-state index contributed by atoms with van der Waals surface area (Å²) in [5.74, 6) is 0.803. The number of aryl methyl sites for hydroxylation is 1. The lowest BCUT2D eigenvalue weighted by molar-refractivity contribution is 0.306. The molecule has 0 aliphatic heterocycles. The maximum absolute atomic E-state index is 6.09. The van der Waals surface area contributed by atoms with Crippen LogP contribution < -0.4 is 10.5 Å². The average Bonchev–Trinajstić information content (AvgIpc) is 3.04. The summed E-state index contributed by atoms with van der Waals surface area (Å²) in [5.41, 5.74) is 9.90. The summed E-state index contributed by atoms with van der Waals surface area (Å²) in [4.78, 5) is 0. The third-order valence-corrected chi connectivity index (χ3v) is 3.54. The van der Waals surface area contributed by atoms with Crippen LogP contribution in [-0.2, 0) is 13.2 Å². The summed E-state index contributed by atoms with van der Waals surface area (Å²) in [5, 5.41) is 4.30. The number of nitrogens with zero attached hydrogens (tertiary/aromatic N) is 2. The molecule has 0 radical (unpaired) electrons. The minimum absolute atomic E-state index is 0.540. The van der Waals surface area contributed by atoms with Gasteiger partial charge >= 0.3 is 0 Å². The number of hydrogen-bond donors (Lipinski definition) is 1. The lowest BCUT2D eigenvalue weighted by Crippen LogP contribution is -1.97. The van der Waals surface area contributed by atoms with E-state index in [1.807, 2.05) is 65.6 Å². The van der Waals surface area contributed by atoms with E-state index in [2.05, 4.69) is 12.0 Å². The molecule has 3 rings (SSSR count). The van der Waals surface area contributed by atoms with Gasteiger partial charge in [-0.3, -0.25) is 4.68 Å². The zero-order valence-electron chi connectivity index (χ0n) is 12.6. The first kappa shape index (κ1) is 14.2. The molecule has 4 nitrogen and oxygen atoms in total. The Morgan fingerprint density at radius 3 is 2.68 bits per heavy atom. The second-order valence-electron chi connectivity index (χ2n) is 5.11. The van der Waals surface area contributed by atoms with Crippen molar-refractivity contribution in [3.63, 3.8) is 0 Å². The van der Waals surface area contributed by atoms with Gasteiger partial charge in [0.05, 0.1) is 6.20 Å². The maximum atomic E-state index is 6.09. The van der Waals surface area contributed by atoms with E-state index in [9.17, 15) is 0 Å². The predicted octanol–water partition coefficient (Wildman–Crippen LogP) is 3.73. The van der Waals surface area contributed by atoms with Crippen molar-refractivity contribution in [1.82, 2.24) is 9.78 Å². The topological polar surface area (TPSA) is 53.1 Å². The highest BCUT2D eigenvalue weighted by Crippen LogP contribution is 2.30. The lowest BCUT2D eigenvalue weighted by atomic mass is 10.1. The van der Waals surface area contributed by atoms with E-state index in [1.54, 1.807) is 0 Å². The van der Waals surface area contributed by atoms with E-state index in [4.69, 9.17) is 10.5 Å². The van der Waals surface area contributed by atoms with Crippen molar-refractivity contribution < 1.29 is 4.74 Å². The summed E-state index contributed by atoms with van der Waals surface area (Å²) < 4.78 is 7.74. The lowest BCUT2D eigenvalue weighted by Gasteiger charge is -2.09. The first-order valence-electron chi connectivity index (χ1n) is 7.35. The second kappa shape index (κ2) is 6.35. The molecule has 2 aromatic carbocycles. The van der Waals surface area contributed by atoms with Gasteiger partial charge in [0.1, 0.15) is 12.4 Å². The van der Waals surface area contributed by atoms with Crippen LogP contribution in [0.5, 0.6) is 5.75 Å². The van der Waals surface area contributed by atoms with Crippen LogP contribution in [-0.4, -0.2) is 9.78 Å². The molecule has 4 heteroatoms. The highest BCUT2D eigenvalue weighted by atomic mass is 16.5. The van der Waals surface area contributed by atoms with Crippen LogP contribution >= 0.6 is 0 Å². The number of nitrogen functional groups attached to an aromatic ring is 1. The molecule has 0 unspecified atom stereocenters. The van der Waals surface area contributed by atoms with E-state index >= 15 is 0 Å². The third-order valence-electron chi connectivity index (χ3n) is 3.54. The van der Waals surface area contributed by atoms with E-state index in [0.29, 0.717) is 6.61 Å². The van der Waals surface area contributed by atoms with Gasteiger partial charge < -0.3 is 10.5 Å². The largest absolute Gasteiger partial charge is 0.489 e. The molecule has 0 aliphatic carbocycles. The van der Waals surface area contributed by atoms with Gasteiger partial charge in [0, 0.05) is 29.6 Å². The van der Waals surface area contributed by atoms with Crippen LogP contribution in [0.2, 0.25) is 0 Å². The highest BCUT2D eigenvalue weighted by molar-refractivity contribution is 5.76. The van der Waals surface area contributed by atoms with E-state index in [-0.39, 0.29) is 0 Å². The quantitative estimate of drug-likeness (QED) is 0.729. The van der Waals surface area contributed by atoms with Crippen LogP contribution in [0.4, 0.5) is 5.69 Å². The number of ether oxygens (including phenoxy) is 1. The molecule has 1 aromatic heterocycles. The normalized spacial score (nSPS) is 10.6. The van der Waals surface area contributed by atoms with Gasteiger partial charge in [-0.05, 0) is 30.7 Å². The van der Waals surface area contributed by atoms with E-state index in [1.165, 1.54) is 0 Å². The second-order valence-corrected chi connectivity index (χ2v) is 5.11. The van der Waals surface area contributed by atoms with Crippen LogP contribution in [0.3, 0.4) is 0 Å². The average molecular weight is 293 g/mol. The molecule has 0 atom stereocenters. The first-order chi connectivity index (χ1) is 10.8. The first-order valence-corrected chi connectivity index (χ1v) is 7.35. The Hall–Kier alpha value is -2.75. The van der Waals surface area contributed by atoms with Crippen molar-refractivity contribution >= 4 is 5.69 Å². The molecule has 3 aromatic rings. The fourth-order valence-electron chi connectivity index (χ4n) is 2.29. The monoisotopic (exact) mass is 293 g/mol. The number of aromatic nitrogens is 2. The molecule has 0 saturated carbocycles. The van der Waals surface area contributed by atoms with Gasteiger partial charge in [-0.1, -0.05) is 30.3 Å². The SMILES string of the molecule is CCn1cc(-c2cc(OCc3ccccc3)ccc2N)cn1. The molecule has 0 aliphatic rings. The van der Waals surface area contributed by atoms with Gasteiger partial charge in [-0.2, -0.15) is 5.10 Å². The molecule has 112 valence electrons. The fraction of sp³-hybridized carbons (Fsp3) is 0.167. The standard InChI is InChI=1S/C18H19N3O/c1-2-21-12-15(11-20-21)17-10-16(8-9-18(17)19)22-13-14-6-4-3-5-7-14/h3-12H,2,13,19H2,1H3. The summed E-state index contributed by atoms with van der Waals surface area (Å²) in [7, 11) is 0. The Kier molecular flexibility index (Phi) is 4.10. The Morgan fingerprint density at radius 2 is 1.95 bits per heavy atom. The van der Waals surface area contributed by atoms with E-state index in [0.717, 1.165) is 34.7 Å². The minimum Gasteiger partial charge on any atom is -0.489 e. The number of hydrogen-bond acceptors (Lipinski definition) is 3. The minimum atomic E-state index is 0.540. The van der Waals surface area contributed by atoms with Crippen LogP contribution in [0.25, 0.3) is 11.1 Å². The summed E-state index contributed by atoms with van der Waals surface area (Å²) in [6, 6.07) is 15.8. The summed E-state index contributed by atoms with van der Waals surface area (Å²) in [6.45, 7) is 3.43. The Bertz CT molecular complexity index is 750. The molecular weight excluding hydrogens is 274 g/mol. The van der Waals surface area contributed by atoms with Crippen LogP contribution in [0.15, 0.2) is 60.9 Å². The van der Waals surface area contributed by atoms with Gasteiger partial charge in [0.15, 0.2) is 0 Å². The number of rotatable bonds is 5. The highest BCUT2D eigenvalue weighted by Gasteiger charge is 2.07. The number of nitrogens with two attached hydrogens (primary N) is 1. The fourth-order valence-corrected chi connectivity index (χ4v) is 2.29. The predicted molar refractivity (Wildman–Crippen MR) is 88.5 cm³/mol. The van der Waals surface area contributed by atoms with Crippen LogP contribution in [0, 0.1) is 0 Å². The van der Waals surface area contributed by atoms with Gasteiger partial charge in [0.25, 0.3) is 0 Å². The van der Waals surface area contributed by atoms with Crippen molar-refractivity contribution in [2.45, 2.75) is 20.1 Å². The number of benzene rings is 2. The molecule has 2 N–H and O–H groups in total. The van der Waals surface area contributed by atoms with E-state index < -0.39 is 0 Å². The Balaban J connectivity index is 1.80. The Labute approximate surface area is 130 Å².